The van der Waals surface area contributed by atoms with Gasteiger partial charge in [0.15, 0.2) is 0 Å². The summed E-state index contributed by atoms with van der Waals surface area (Å²) >= 11 is 0. The van der Waals surface area contributed by atoms with Crippen LogP contribution in [0.3, 0.4) is 0 Å². The molecule has 1 aromatic rings. The van der Waals surface area contributed by atoms with E-state index in [1.54, 1.807) is 0 Å². The molecule has 0 bridgehead atoms. The minimum atomic E-state index is 0. The van der Waals surface area contributed by atoms with Gasteiger partial charge in [0, 0.05) is 32.7 Å². The van der Waals surface area contributed by atoms with Crippen molar-refractivity contribution in [2.45, 2.75) is 26.9 Å². The lowest BCUT2D eigenvalue weighted by atomic mass is 10.3. The van der Waals surface area contributed by atoms with Crippen molar-refractivity contribution < 1.29 is 0 Å². The van der Waals surface area contributed by atoms with Crippen molar-refractivity contribution in [3.05, 3.63) is 11.6 Å². The van der Waals surface area contributed by atoms with Gasteiger partial charge < -0.3 is 9.88 Å². The molecule has 0 unspecified atom stereocenters. The summed E-state index contributed by atoms with van der Waals surface area (Å²) in [5.41, 5.74) is 0. The molecule has 0 aromatic carbocycles. The molecule has 2 heterocycles. The second-order valence-corrected chi connectivity index (χ2v) is 3.93. The molecule has 1 aromatic heterocycles. The van der Waals surface area contributed by atoms with Crippen LogP contribution in [0.15, 0.2) is 0 Å². The molecule has 0 saturated carbocycles. The highest BCUT2D eigenvalue weighted by atomic mass is 35.5. The zero-order chi connectivity index (χ0) is 10.7. The fraction of sp³-hybridized carbons (Fsp3) is 0.800. The third kappa shape index (κ3) is 4.10. The number of nitrogens with zero attached hydrogens (tertiary/aromatic N) is 4. The van der Waals surface area contributed by atoms with Gasteiger partial charge in [-0.2, -0.15) is 0 Å². The van der Waals surface area contributed by atoms with Gasteiger partial charge in [-0.3, -0.25) is 4.90 Å². The van der Waals surface area contributed by atoms with E-state index < -0.39 is 0 Å². The average Bonchev–Trinajstić information content (AvgIpc) is 2.61. The number of piperazine rings is 1. The van der Waals surface area contributed by atoms with Crippen LogP contribution in [-0.2, 0) is 13.1 Å². The average molecular weight is 282 g/mol. The number of nitrogens with one attached hydrogen (secondary N) is 1. The number of hydrogen-bond acceptors (Lipinski definition) is 4. The first-order chi connectivity index (χ1) is 7.31. The molecule has 1 N–H and O–H groups in total. The Bertz CT molecular complexity index is 322. The summed E-state index contributed by atoms with van der Waals surface area (Å²) in [6.45, 7) is 10.4. The Hall–Kier alpha value is -0.360. The molecule has 17 heavy (non-hydrogen) atoms. The van der Waals surface area contributed by atoms with E-state index in [0.29, 0.717) is 0 Å². The molecule has 0 aliphatic carbocycles. The van der Waals surface area contributed by atoms with Gasteiger partial charge in [-0.25, -0.2) is 0 Å². The van der Waals surface area contributed by atoms with Crippen molar-refractivity contribution in [2.24, 2.45) is 0 Å². The topological polar surface area (TPSA) is 46.0 Å². The van der Waals surface area contributed by atoms with E-state index in [1.165, 1.54) is 0 Å². The molecule has 100 valence electrons. The maximum Gasteiger partial charge on any atom is 0.147 e. The Morgan fingerprint density at radius 1 is 1.18 bits per heavy atom. The molecule has 0 spiro atoms. The van der Waals surface area contributed by atoms with Gasteiger partial charge in [-0.15, -0.1) is 35.0 Å². The first-order valence-electron chi connectivity index (χ1n) is 5.63. The second kappa shape index (κ2) is 7.87. The van der Waals surface area contributed by atoms with E-state index >= 15 is 0 Å². The highest BCUT2D eigenvalue weighted by molar-refractivity contribution is 5.85. The summed E-state index contributed by atoms with van der Waals surface area (Å²) in [5.74, 6) is 2.11. The highest BCUT2D eigenvalue weighted by Gasteiger charge is 2.14. The Labute approximate surface area is 115 Å². The summed E-state index contributed by atoms with van der Waals surface area (Å²) in [6.07, 6.45) is 0. The monoisotopic (exact) mass is 281 g/mol. The molecule has 0 amide bonds. The van der Waals surface area contributed by atoms with E-state index in [9.17, 15) is 0 Å². The smallest absolute Gasteiger partial charge is 0.147 e. The van der Waals surface area contributed by atoms with Gasteiger partial charge in [0.25, 0.3) is 0 Å². The van der Waals surface area contributed by atoms with Crippen LogP contribution in [0.25, 0.3) is 0 Å². The predicted octanol–water partition coefficient (Wildman–Crippen LogP) is 0.855. The van der Waals surface area contributed by atoms with E-state index in [-0.39, 0.29) is 24.8 Å². The van der Waals surface area contributed by atoms with Crippen LogP contribution in [-0.4, -0.2) is 45.8 Å². The minimum Gasteiger partial charge on any atom is -0.314 e. The van der Waals surface area contributed by atoms with Crippen molar-refractivity contribution >= 4 is 24.8 Å². The number of hydrogen-bond donors (Lipinski definition) is 1. The Morgan fingerprint density at radius 2 is 1.82 bits per heavy atom. The van der Waals surface area contributed by atoms with E-state index in [1.807, 2.05) is 6.92 Å². The van der Waals surface area contributed by atoms with Crippen LogP contribution in [0.1, 0.15) is 18.6 Å². The van der Waals surface area contributed by atoms with E-state index in [0.717, 1.165) is 50.9 Å². The van der Waals surface area contributed by atoms with Crippen LogP contribution in [0.4, 0.5) is 0 Å². The van der Waals surface area contributed by atoms with Crippen molar-refractivity contribution in [1.82, 2.24) is 25.0 Å². The van der Waals surface area contributed by atoms with Crippen molar-refractivity contribution in [2.75, 3.05) is 26.2 Å². The molecule has 1 fully saturated rings. The molecule has 0 radical (unpaired) electrons. The molecular formula is C10H21Cl2N5. The van der Waals surface area contributed by atoms with E-state index in [2.05, 4.69) is 31.9 Å². The summed E-state index contributed by atoms with van der Waals surface area (Å²) in [7, 11) is 0. The van der Waals surface area contributed by atoms with Gasteiger partial charge in [0.1, 0.15) is 11.6 Å². The predicted molar refractivity (Wildman–Crippen MR) is 73.1 cm³/mol. The quantitative estimate of drug-likeness (QED) is 0.893. The first-order valence-corrected chi connectivity index (χ1v) is 5.63. The van der Waals surface area contributed by atoms with Crippen molar-refractivity contribution in [3.63, 3.8) is 0 Å². The van der Waals surface area contributed by atoms with Crippen LogP contribution in [0, 0.1) is 6.92 Å². The van der Waals surface area contributed by atoms with Crippen LogP contribution >= 0.6 is 24.8 Å². The summed E-state index contributed by atoms with van der Waals surface area (Å²) in [4.78, 5) is 2.42. The summed E-state index contributed by atoms with van der Waals surface area (Å²) in [6, 6.07) is 0. The van der Waals surface area contributed by atoms with Gasteiger partial charge in [-0.1, -0.05) is 0 Å². The van der Waals surface area contributed by atoms with Crippen molar-refractivity contribution in [1.29, 1.82) is 0 Å². The van der Waals surface area contributed by atoms with Crippen molar-refractivity contribution in [3.8, 4) is 0 Å². The zero-order valence-corrected chi connectivity index (χ0v) is 12.0. The maximum absolute atomic E-state index is 4.23. The number of rotatable bonds is 3. The fourth-order valence-electron chi connectivity index (χ4n) is 2.02. The molecular weight excluding hydrogens is 261 g/mol. The van der Waals surface area contributed by atoms with Gasteiger partial charge in [0.05, 0.1) is 6.54 Å². The lowest BCUT2D eigenvalue weighted by Crippen LogP contribution is -2.43. The summed E-state index contributed by atoms with van der Waals surface area (Å²) in [5, 5.41) is 11.7. The molecule has 1 aliphatic rings. The Balaban J connectivity index is 0.00000128. The molecule has 2 rings (SSSR count). The van der Waals surface area contributed by atoms with Crippen LogP contribution in [0.5, 0.6) is 0 Å². The lowest BCUT2D eigenvalue weighted by Gasteiger charge is -2.26. The van der Waals surface area contributed by atoms with Gasteiger partial charge in [0.2, 0.25) is 0 Å². The normalized spacial score (nSPS) is 16.1. The molecule has 1 aliphatic heterocycles. The maximum atomic E-state index is 4.23. The Kier molecular flexibility index (Phi) is 7.70. The van der Waals surface area contributed by atoms with Gasteiger partial charge in [-0.05, 0) is 13.8 Å². The first kappa shape index (κ1) is 16.6. The number of halogens is 2. The zero-order valence-electron chi connectivity index (χ0n) is 10.3. The summed E-state index contributed by atoms with van der Waals surface area (Å²) < 4.78 is 2.18. The number of aromatic nitrogens is 3. The fourth-order valence-corrected chi connectivity index (χ4v) is 2.02. The second-order valence-electron chi connectivity index (χ2n) is 3.93. The van der Waals surface area contributed by atoms with Gasteiger partial charge >= 0.3 is 0 Å². The lowest BCUT2D eigenvalue weighted by molar-refractivity contribution is 0.225. The minimum absolute atomic E-state index is 0. The third-order valence-corrected chi connectivity index (χ3v) is 2.90. The van der Waals surface area contributed by atoms with E-state index in [4.69, 9.17) is 0 Å². The SMILES string of the molecule is CCn1c(C)nnc1CN1CCNCC1.Cl.Cl. The van der Waals surface area contributed by atoms with Crippen LogP contribution in [0.2, 0.25) is 0 Å². The largest absolute Gasteiger partial charge is 0.314 e. The molecule has 7 heteroatoms. The highest BCUT2D eigenvalue weighted by Crippen LogP contribution is 2.05. The van der Waals surface area contributed by atoms with Crippen LogP contribution < -0.4 is 5.32 Å². The third-order valence-electron chi connectivity index (χ3n) is 2.90. The molecule has 1 saturated heterocycles. The molecule has 0 atom stereocenters. The number of aryl methyl sites for hydroxylation is 1. The standard InChI is InChI=1S/C10H19N5.2ClH/c1-3-15-9(2)12-13-10(15)8-14-6-4-11-5-7-14;;/h11H,3-8H2,1-2H3;2*1H. The molecule has 5 nitrogen and oxygen atoms in total. The Morgan fingerprint density at radius 3 is 2.41 bits per heavy atom.